The molecule has 1 heterocycles. The fourth-order valence-electron chi connectivity index (χ4n) is 1.93. The number of hydrogen-bond acceptors (Lipinski definition) is 5. The standard InChI is InChI=1S/C13H18N2O3S/c1-4-18-12(17)11-14-9(7-19-11)10(16)15-13(2,3)8-5-6-8/h7-8H,4-6H2,1-3H3,(H,15,16). The van der Waals surface area contributed by atoms with Gasteiger partial charge in [0.15, 0.2) is 0 Å². The van der Waals surface area contributed by atoms with E-state index in [1.807, 2.05) is 13.8 Å². The number of hydrogen-bond donors (Lipinski definition) is 1. The molecule has 2 rings (SSSR count). The normalized spacial score (nSPS) is 15.1. The molecule has 0 saturated heterocycles. The van der Waals surface area contributed by atoms with Crippen molar-refractivity contribution in [3.63, 3.8) is 0 Å². The number of carbonyl (C=O) groups is 2. The van der Waals surface area contributed by atoms with Gasteiger partial charge in [0, 0.05) is 10.9 Å². The molecule has 1 saturated carbocycles. The molecule has 0 unspecified atom stereocenters. The Morgan fingerprint density at radius 3 is 2.79 bits per heavy atom. The van der Waals surface area contributed by atoms with Crippen molar-refractivity contribution in [1.82, 2.24) is 10.3 Å². The van der Waals surface area contributed by atoms with Crippen LogP contribution < -0.4 is 5.32 Å². The smallest absolute Gasteiger partial charge is 0.367 e. The second-order valence-electron chi connectivity index (χ2n) is 5.21. The number of nitrogens with zero attached hydrogens (tertiary/aromatic N) is 1. The minimum Gasteiger partial charge on any atom is -0.461 e. The minimum absolute atomic E-state index is 0.217. The van der Waals surface area contributed by atoms with E-state index in [-0.39, 0.29) is 22.1 Å². The third-order valence-corrected chi connectivity index (χ3v) is 4.04. The van der Waals surface area contributed by atoms with Crippen molar-refractivity contribution >= 4 is 23.2 Å². The number of amides is 1. The topological polar surface area (TPSA) is 68.3 Å². The van der Waals surface area contributed by atoms with Gasteiger partial charge in [0.1, 0.15) is 5.69 Å². The Labute approximate surface area is 116 Å². The van der Waals surface area contributed by atoms with Crippen LogP contribution in [0, 0.1) is 5.92 Å². The molecule has 1 aromatic heterocycles. The van der Waals surface area contributed by atoms with Crippen LogP contribution in [0.1, 0.15) is 53.9 Å². The number of esters is 1. The SMILES string of the molecule is CCOC(=O)c1nc(C(=O)NC(C)(C)C2CC2)cs1. The summed E-state index contributed by atoms with van der Waals surface area (Å²) in [5.41, 5.74) is 0.0620. The first kappa shape index (κ1) is 14.0. The lowest BCUT2D eigenvalue weighted by molar-refractivity contribution is 0.0526. The summed E-state index contributed by atoms with van der Waals surface area (Å²) in [6.07, 6.45) is 2.30. The Balaban J connectivity index is 2.01. The Kier molecular flexibility index (Phi) is 3.89. The number of aromatic nitrogens is 1. The molecule has 104 valence electrons. The highest BCUT2D eigenvalue weighted by Crippen LogP contribution is 2.39. The summed E-state index contributed by atoms with van der Waals surface area (Å²) in [4.78, 5) is 27.6. The van der Waals surface area contributed by atoms with E-state index in [4.69, 9.17) is 4.74 Å². The van der Waals surface area contributed by atoms with Crippen molar-refractivity contribution in [3.8, 4) is 0 Å². The van der Waals surface area contributed by atoms with Gasteiger partial charge in [-0.15, -0.1) is 11.3 Å². The lowest BCUT2D eigenvalue weighted by Crippen LogP contribution is -2.45. The van der Waals surface area contributed by atoms with E-state index < -0.39 is 5.97 Å². The Morgan fingerprint density at radius 2 is 2.21 bits per heavy atom. The van der Waals surface area contributed by atoms with Crippen LogP contribution in [0.3, 0.4) is 0 Å². The molecule has 1 aliphatic carbocycles. The van der Waals surface area contributed by atoms with Gasteiger partial charge in [-0.1, -0.05) is 0 Å². The number of ether oxygens (including phenoxy) is 1. The lowest BCUT2D eigenvalue weighted by Gasteiger charge is -2.25. The molecule has 1 aromatic rings. The van der Waals surface area contributed by atoms with Crippen LogP contribution in [-0.4, -0.2) is 29.0 Å². The van der Waals surface area contributed by atoms with E-state index in [0.717, 1.165) is 24.2 Å². The maximum absolute atomic E-state index is 12.1. The fraction of sp³-hybridized carbons (Fsp3) is 0.615. The molecule has 1 aliphatic rings. The largest absolute Gasteiger partial charge is 0.461 e. The molecule has 0 atom stereocenters. The van der Waals surface area contributed by atoms with Gasteiger partial charge < -0.3 is 10.1 Å². The van der Waals surface area contributed by atoms with Crippen molar-refractivity contribution in [2.24, 2.45) is 5.92 Å². The molecule has 1 amide bonds. The van der Waals surface area contributed by atoms with Gasteiger partial charge in [-0.25, -0.2) is 9.78 Å². The van der Waals surface area contributed by atoms with Gasteiger partial charge >= 0.3 is 5.97 Å². The van der Waals surface area contributed by atoms with Crippen LogP contribution in [0.15, 0.2) is 5.38 Å². The molecule has 0 aliphatic heterocycles. The molecular weight excluding hydrogens is 264 g/mol. The minimum atomic E-state index is -0.479. The van der Waals surface area contributed by atoms with Crippen molar-refractivity contribution in [1.29, 1.82) is 0 Å². The second kappa shape index (κ2) is 5.28. The molecule has 5 nitrogen and oxygen atoms in total. The van der Waals surface area contributed by atoms with Crippen molar-refractivity contribution < 1.29 is 14.3 Å². The average molecular weight is 282 g/mol. The monoisotopic (exact) mass is 282 g/mol. The highest BCUT2D eigenvalue weighted by molar-refractivity contribution is 7.11. The van der Waals surface area contributed by atoms with Gasteiger partial charge in [0.05, 0.1) is 6.61 Å². The first-order valence-corrected chi connectivity index (χ1v) is 7.27. The molecule has 6 heteroatoms. The maximum Gasteiger partial charge on any atom is 0.367 e. The van der Waals surface area contributed by atoms with Crippen LogP contribution in [0.2, 0.25) is 0 Å². The summed E-state index contributed by atoms with van der Waals surface area (Å²) in [5.74, 6) is -0.170. The first-order valence-electron chi connectivity index (χ1n) is 6.39. The van der Waals surface area contributed by atoms with Gasteiger partial charge in [0.2, 0.25) is 5.01 Å². The maximum atomic E-state index is 12.1. The molecular formula is C13H18N2O3S. The summed E-state index contributed by atoms with van der Waals surface area (Å²) in [7, 11) is 0. The lowest BCUT2D eigenvalue weighted by atomic mass is 9.99. The third kappa shape index (κ3) is 3.32. The van der Waals surface area contributed by atoms with E-state index in [1.54, 1.807) is 12.3 Å². The first-order chi connectivity index (χ1) is 8.94. The van der Waals surface area contributed by atoms with Crippen LogP contribution in [-0.2, 0) is 4.74 Å². The van der Waals surface area contributed by atoms with E-state index in [1.165, 1.54) is 0 Å². The molecule has 1 N–H and O–H groups in total. The van der Waals surface area contributed by atoms with Gasteiger partial charge in [0.25, 0.3) is 5.91 Å². The van der Waals surface area contributed by atoms with Gasteiger partial charge in [-0.05, 0) is 39.5 Å². The number of thiazole rings is 1. The Hall–Kier alpha value is -1.43. The highest BCUT2D eigenvalue weighted by atomic mass is 32.1. The molecule has 0 aromatic carbocycles. The quantitative estimate of drug-likeness (QED) is 0.841. The van der Waals surface area contributed by atoms with Crippen molar-refractivity contribution in [2.75, 3.05) is 6.61 Å². The average Bonchev–Trinajstić information content (AvgIpc) is 3.07. The molecule has 19 heavy (non-hydrogen) atoms. The Morgan fingerprint density at radius 1 is 1.53 bits per heavy atom. The van der Waals surface area contributed by atoms with E-state index >= 15 is 0 Å². The Bertz CT molecular complexity index is 492. The second-order valence-corrected chi connectivity index (χ2v) is 6.07. The predicted molar refractivity (Wildman–Crippen MR) is 72.3 cm³/mol. The van der Waals surface area contributed by atoms with Crippen LogP contribution in [0.5, 0.6) is 0 Å². The number of carbonyl (C=O) groups excluding carboxylic acids is 2. The van der Waals surface area contributed by atoms with E-state index in [9.17, 15) is 9.59 Å². The summed E-state index contributed by atoms with van der Waals surface area (Å²) >= 11 is 1.13. The van der Waals surface area contributed by atoms with Crippen LogP contribution in [0.4, 0.5) is 0 Å². The van der Waals surface area contributed by atoms with E-state index in [2.05, 4.69) is 10.3 Å². The number of rotatable bonds is 5. The van der Waals surface area contributed by atoms with Crippen LogP contribution >= 0.6 is 11.3 Å². The highest BCUT2D eigenvalue weighted by Gasteiger charge is 2.39. The summed E-state index contributed by atoms with van der Waals surface area (Å²) in [6, 6.07) is 0. The van der Waals surface area contributed by atoms with Gasteiger partial charge in [-0.3, -0.25) is 4.79 Å². The summed E-state index contributed by atoms with van der Waals surface area (Å²) in [5, 5.41) is 4.78. The number of nitrogens with one attached hydrogen (secondary N) is 1. The zero-order valence-electron chi connectivity index (χ0n) is 11.4. The van der Waals surface area contributed by atoms with Crippen molar-refractivity contribution in [3.05, 3.63) is 16.1 Å². The van der Waals surface area contributed by atoms with E-state index in [0.29, 0.717) is 12.5 Å². The van der Waals surface area contributed by atoms with Crippen LogP contribution in [0.25, 0.3) is 0 Å². The molecule has 0 spiro atoms. The zero-order chi connectivity index (χ0) is 14.0. The third-order valence-electron chi connectivity index (χ3n) is 3.22. The zero-order valence-corrected chi connectivity index (χ0v) is 12.2. The molecule has 1 fully saturated rings. The predicted octanol–water partition coefficient (Wildman–Crippen LogP) is 2.24. The van der Waals surface area contributed by atoms with Crippen molar-refractivity contribution in [2.45, 2.75) is 39.2 Å². The summed E-state index contributed by atoms with van der Waals surface area (Å²) < 4.78 is 4.85. The van der Waals surface area contributed by atoms with Gasteiger partial charge in [-0.2, -0.15) is 0 Å². The summed E-state index contributed by atoms with van der Waals surface area (Å²) in [6.45, 7) is 6.06. The molecule has 0 radical (unpaired) electrons. The molecule has 0 bridgehead atoms. The fourth-order valence-corrected chi connectivity index (χ4v) is 2.62.